The summed E-state index contributed by atoms with van der Waals surface area (Å²) >= 11 is 3.76. The van der Waals surface area contributed by atoms with E-state index in [1.54, 1.807) is 0 Å². The summed E-state index contributed by atoms with van der Waals surface area (Å²) in [5, 5.41) is 9.68. The lowest BCUT2D eigenvalue weighted by atomic mass is 9.68. The lowest BCUT2D eigenvalue weighted by Gasteiger charge is -2.38. The maximum Gasteiger partial charge on any atom is 0.0801 e. The average molecular weight is 257 g/mol. The van der Waals surface area contributed by atoms with Gasteiger partial charge in [-0.3, -0.25) is 0 Å². The van der Waals surface area contributed by atoms with E-state index in [1.165, 1.54) is 6.42 Å². The van der Waals surface area contributed by atoms with Gasteiger partial charge in [0.25, 0.3) is 0 Å². The Hall–Kier alpha value is 0.140. The van der Waals surface area contributed by atoms with E-state index in [1.807, 2.05) is 0 Å². The fourth-order valence-corrected chi connectivity index (χ4v) is 5.70. The van der Waals surface area contributed by atoms with Crippen molar-refractivity contribution < 1.29 is 9.84 Å². The zero-order valence-corrected chi connectivity index (χ0v) is 9.35. The number of hydrogen-bond donors (Lipinski definition) is 1. The Balaban J connectivity index is 1.92. The fraction of sp³-hybridized carbons (Fsp3) is 0.818. The molecule has 3 unspecified atom stereocenters. The molecule has 1 saturated heterocycles. The molecule has 2 nitrogen and oxygen atoms in total. The van der Waals surface area contributed by atoms with E-state index in [0.29, 0.717) is 41.4 Å². The van der Waals surface area contributed by atoms with Gasteiger partial charge in [-0.25, -0.2) is 0 Å². The predicted molar refractivity (Wildman–Crippen MR) is 55.1 cm³/mol. The minimum atomic E-state index is 0.0521. The molecule has 76 valence electrons. The minimum Gasteiger partial charge on any atom is -0.395 e. The Morgan fingerprint density at radius 1 is 1.57 bits per heavy atom. The lowest BCUT2D eigenvalue weighted by Crippen LogP contribution is -2.43. The standard InChI is InChI=1S/C11H13BrO2/c12-9-6-3-5-8-7(14-10(5)9)1-2-11(6,8)4-13/h1-2,5-10,13H,3-4H2/t5-,6-,7?,8?,9?,10+,11-/m1/s1. The third-order valence-electron chi connectivity index (χ3n) is 4.96. The van der Waals surface area contributed by atoms with E-state index in [2.05, 4.69) is 28.1 Å². The van der Waals surface area contributed by atoms with Crippen LogP contribution in [0.5, 0.6) is 0 Å². The van der Waals surface area contributed by atoms with Crippen molar-refractivity contribution in [1.82, 2.24) is 0 Å². The second kappa shape index (κ2) is 2.28. The largest absolute Gasteiger partial charge is 0.395 e. The molecule has 3 fully saturated rings. The molecule has 4 rings (SSSR count). The van der Waals surface area contributed by atoms with Crippen LogP contribution in [0, 0.1) is 23.2 Å². The molecule has 0 aromatic carbocycles. The number of rotatable bonds is 1. The van der Waals surface area contributed by atoms with Crippen LogP contribution >= 0.6 is 15.9 Å². The molecule has 2 bridgehead atoms. The first-order chi connectivity index (χ1) is 6.78. The number of alkyl halides is 1. The van der Waals surface area contributed by atoms with Gasteiger partial charge in [-0.2, -0.15) is 0 Å². The minimum absolute atomic E-state index is 0.0521. The van der Waals surface area contributed by atoms with Crippen LogP contribution in [0.3, 0.4) is 0 Å². The zero-order chi connectivity index (χ0) is 9.50. The van der Waals surface area contributed by atoms with Crippen LogP contribution in [0.2, 0.25) is 0 Å². The van der Waals surface area contributed by atoms with Gasteiger partial charge in [-0.1, -0.05) is 28.1 Å². The second-order valence-electron chi connectivity index (χ2n) is 5.17. The molecule has 0 amide bonds. The summed E-state index contributed by atoms with van der Waals surface area (Å²) in [6.07, 6.45) is 6.37. The van der Waals surface area contributed by atoms with Gasteiger partial charge in [0.05, 0.1) is 18.8 Å². The van der Waals surface area contributed by atoms with Crippen molar-refractivity contribution in [2.24, 2.45) is 23.2 Å². The zero-order valence-electron chi connectivity index (χ0n) is 7.77. The third-order valence-corrected chi connectivity index (χ3v) is 6.12. The summed E-state index contributed by atoms with van der Waals surface area (Å²) in [5.41, 5.74) is 0.0521. The van der Waals surface area contributed by atoms with Crippen molar-refractivity contribution in [2.45, 2.75) is 23.5 Å². The van der Waals surface area contributed by atoms with Crippen LogP contribution < -0.4 is 0 Å². The molecule has 4 aliphatic rings. The summed E-state index contributed by atoms with van der Waals surface area (Å²) in [6, 6.07) is 0. The molecule has 0 spiro atoms. The summed E-state index contributed by atoms with van der Waals surface area (Å²) in [6.45, 7) is 0.296. The average Bonchev–Trinajstić information content (AvgIpc) is 2.83. The maximum atomic E-state index is 9.68. The SMILES string of the molecule is OC[C@]12C=CC3O[C@@H]4C(Br)[C@H]1C[C@@H]4C32. The summed E-state index contributed by atoms with van der Waals surface area (Å²) in [7, 11) is 0. The third kappa shape index (κ3) is 0.624. The predicted octanol–water partition coefficient (Wildman–Crippen LogP) is 1.33. The lowest BCUT2D eigenvalue weighted by molar-refractivity contribution is 0.0694. The molecule has 3 aliphatic carbocycles. The Morgan fingerprint density at radius 3 is 3.21 bits per heavy atom. The van der Waals surface area contributed by atoms with E-state index < -0.39 is 0 Å². The van der Waals surface area contributed by atoms with Gasteiger partial charge in [0, 0.05) is 16.2 Å². The van der Waals surface area contributed by atoms with Crippen LogP contribution in [-0.4, -0.2) is 28.7 Å². The first kappa shape index (κ1) is 8.31. The molecule has 3 heteroatoms. The van der Waals surface area contributed by atoms with Crippen molar-refractivity contribution in [3.05, 3.63) is 12.2 Å². The number of ether oxygens (including phenoxy) is 1. The topological polar surface area (TPSA) is 29.5 Å². The molecule has 0 aromatic rings. The molecule has 0 radical (unpaired) electrons. The first-order valence-corrected chi connectivity index (χ1v) is 6.29. The molecule has 1 N–H and O–H groups in total. The van der Waals surface area contributed by atoms with Crippen molar-refractivity contribution in [2.75, 3.05) is 6.61 Å². The van der Waals surface area contributed by atoms with Crippen LogP contribution in [0.1, 0.15) is 6.42 Å². The van der Waals surface area contributed by atoms with Crippen LogP contribution in [0.4, 0.5) is 0 Å². The monoisotopic (exact) mass is 256 g/mol. The molecule has 14 heavy (non-hydrogen) atoms. The van der Waals surface area contributed by atoms with E-state index >= 15 is 0 Å². The Labute approximate surface area is 91.5 Å². The quantitative estimate of drug-likeness (QED) is 0.567. The van der Waals surface area contributed by atoms with Crippen LogP contribution in [0.25, 0.3) is 0 Å². The highest BCUT2D eigenvalue weighted by molar-refractivity contribution is 9.09. The van der Waals surface area contributed by atoms with Gasteiger partial charge in [0.1, 0.15) is 0 Å². The molecular weight excluding hydrogens is 244 g/mol. The van der Waals surface area contributed by atoms with Gasteiger partial charge in [0.15, 0.2) is 0 Å². The van der Waals surface area contributed by atoms with Crippen molar-refractivity contribution >= 4 is 15.9 Å². The van der Waals surface area contributed by atoms with Gasteiger partial charge < -0.3 is 9.84 Å². The second-order valence-corrected chi connectivity index (χ2v) is 6.23. The van der Waals surface area contributed by atoms with E-state index in [0.717, 1.165) is 0 Å². The van der Waals surface area contributed by atoms with Crippen molar-refractivity contribution in [1.29, 1.82) is 0 Å². The first-order valence-electron chi connectivity index (χ1n) is 5.38. The van der Waals surface area contributed by atoms with Gasteiger partial charge >= 0.3 is 0 Å². The van der Waals surface area contributed by atoms with Crippen LogP contribution in [-0.2, 0) is 4.74 Å². The molecule has 7 atom stereocenters. The summed E-state index contributed by atoms with van der Waals surface area (Å²) < 4.78 is 6.02. The number of halogens is 1. The van der Waals surface area contributed by atoms with E-state index in [-0.39, 0.29) is 5.41 Å². The molecular formula is C11H13BrO2. The smallest absolute Gasteiger partial charge is 0.0801 e. The number of hydrogen-bond acceptors (Lipinski definition) is 2. The number of aliphatic hydroxyl groups is 1. The van der Waals surface area contributed by atoms with E-state index in [9.17, 15) is 5.11 Å². The van der Waals surface area contributed by atoms with Crippen molar-refractivity contribution in [3.63, 3.8) is 0 Å². The molecule has 0 aromatic heterocycles. The normalized spacial score (nSPS) is 67.0. The van der Waals surface area contributed by atoms with E-state index in [4.69, 9.17) is 4.74 Å². The molecule has 2 saturated carbocycles. The highest BCUT2D eigenvalue weighted by Gasteiger charge is 2.71. The Morgan fingerprint density at radius 2 is 2.43 bits per heavy atom. The molecule has 1 heterocycles. The summed E-state index contributed by atoms with van der Waals surface area (Å²) in [4.78, 5) is 0.464. The Kier molecular flexibility index (Phi) is 1.35. The number of fused-ring (bicyclic) bond motifs is 2. The van der Waals surface area contributed by atoms with Gasteiger partial charge in [-0.15, -0.1) is 0 Å². The maximum absolute atomic E-state index is 9.68. The number of aliphatic hydroxyl groups excluding tert-OH is 1. The van der Waals surface area contributed by atoms with Gasteiger partial charge in [0.2, 0.25) is 0 Å². The Bertz CT molecular complexity index is 329. The van der Waals surface area contributed by atoms with Crippen LogP contribution in [0.15, 0.2) is 12.2 Å². The van der Waals surface area contributed by atoms with Crippen molar-refractivity contribution in [3.8, 4) is 0 Å². The summed E-state index contributed by atoms with van der Waals surface area (Å²) in [5.74, 6) is 1.86. The molecule has 1 aliphatic heterocycles. The fourth-order valence-electron chi connectivity index (χ4n) is 4.48. The van der Waals surface area contributed by atoms with Gasteiger partial charge in [-0.05, 0) is 18.3 Å². The highest BCUT2D eigenvalue weighted by atomic mass is 79.9. The highest BCUT2D eigenvalue weighted by Crippen LogP contribution is 2.69.